The van der Waals surface area contributed by atoms with E-state index in [1.165, 1.54) is 45.1 Å². The minimum Gasteiger partial charge on any atom is -0.497 e. The van der Waals surface area contributed by atoms with Crippen molar-refractivity contribution in [2.75, 3.05) is 7.11 Å². The van der Waals surface area contributed by atoms with Crippen LogP contribution in [0.4, 0.5) is 0 Å². The van der Waals surface area contributed by atoms with Gasteiger partial charge in [-0.25, -0.2) is 0 Å². The molecule has 32 heavy (non-hydrogen) atoms. The highest BCUT2D eigenvalue weighted by molar-refractivity contribution is 5.94. The highest BCUT2D eigenvalue weighted by Gasteiger charge is 2.12. The number of hydrogen-bond donors (Lipinski definition) is 1. The van der Waals surface area contributed by atoms with E-state index in [2.05, 4.69) is 42.5 Å². The van der Waals surface area contributed by atoms with Crippen LogP contribution < -0.4 is 10.1 Å². The van der Waals surface area contributed by atoms with Crippen LogP contribution in [-0.2, 0) is 9.53 Å². The van der Waals surface area contributed by atoms with E-state index in [0.29, 0.717) is 11.3 Å². The molecule has 5 nitrogen and oxygen atoms in total. The smallest absolute Gasteiger partial charge is 0.304 e. The standard InChI is InChI=1S/C27H35NO4/c1-5-7-8-9-10-11-12-15-24(16-13-14-17-25(6-2)32-22(3)29)28-27(30)23-18-20-26(31-4)21-19-23/h6,18-21,24-25H,2,5,7-12,15H2,1,3-4H3,(H,28,30)/t24-,25-/m0/s1. The van der Waals surface area contributed by atoms with Gasteiger partial charge in [-0.15, -0.1) is 0 Å². The molecule has 0 aliphatic rings. The summed E-state index contributed by atoms with van der Waals surface area (Å²) in [7, 11) is 1.59. The Balaban J connectivity index is 2.74. The molecular weight excluding hydrogens is 402 g/mol. The van der Waals surface area contributed by atoms with Crippen LogP contribution in [0.1, 0.15) is 75.6 Å². The summed E-state index contributed by atoms with van der Waals surface area (Å²) in [4.78, 5) is 23.7. The molecule has 0 fully saturated rings. The average molecular weight is 438 g/mol. The van der Waals surface area contributed by atoms with Crippen molar-refractivity contribution in [2.45, 2.75) is 77.4 Å². The molecule has 0 saturated heterocycles. The van der Waals surface area contributed by atoms with Gasteiger partial charge in [0.15, 0.2) is 6.10 Å². The maximum atomic E-state index is 12.6. The van der Waals surface area contributed by atoms with Crippen molar-refractivity contribution >= 4 is 11.9 Å². The molecule has 1 aromatic carbocycles. The summed E-state index contributed by atoms with van der Waals surface area (Å²) in [6, 6.07) is 6.63. The summed E-state index contributed by atoms with van der Waals surface area (Å²) in [5.41, 5.74) is 0.546. The highest BCUT2D eigenvalue weighted by atomic mass is 16.5. The molecule has 1 amide bonds. The SMILES string of the molecule is C=C[C@@H](C#CC#C[C@H](CCCCCCCCC)NC(=O)c1ccc(OC)cc1)OC(C)=O. The first-order chi connectivity index (χ1) is 15.5. The fourth-order valence-corrected chi connectivity index (χ4v) is 3.02. The van der Waals surface area contributed by atoms with Gasteiger partial charge < -0.3 is 14.8 Å². The van der Waals surface area contributed by atoms with Gasteiger partial charge in [-0.2, -0.15) is 0 Å². The number of benzene rings is 1. The summed E-state index contributed by atoms with van der Waals surface area (Å²) in [6.07, 6.45) is 9.80. The van der Waals surface area contributed by atoms with Gasteiger partial charge in [0.25, 0.3) is 5.91 Å². The van der Waals surface area contributed by atoms with Gasteiger partial charge in [-0.3, -0.25) is 9.59 Å². The molecule has 0 bridgehead atoms. The maximum Gasteiger partial charge on any atom is 0.304 e. The van der Waals surface area contributed by atoms with Crippen LogP contribution in [0.25, 0.3) is 0 Å². The second-order valence-corrected chi connectivity index (χ2v) is 7.47. The van der Waals surface area contributed by atoms with Crippen molar-refractivity contribution in [1.29, 1.82) is 0 Å². The molecule has 0 unspecified atom stereocenters. The van der Waals surface area contributed by atoms with E-state index in [1.54, 1.807) is 31.4 Å². The van der Waals surface area contributed by atoms with Crippen LogP contribution in [0.2, 0.25) is 0 Å². The van der Waals surface area contributed by atoms with Gasteiger partial charge in [0.1, 0.15) is 5.75 Å². The molecule has 1 rings (SSSR count). The quantitative estimate of drug-likeness (QED) is 0.203. The second kappa shape index (κ2) is 16.5. The molecule has 0 heterocycles. The minimum atomic E-state index is -0.697. The third-order valence-corrected chi connectivity index (χ3v) is 4.78. The zero-order chi connectivity index (χ0) is 23.6. The summed E-state index contributed by atoms with van der Waals surface area (Å²) in [5.74, 6) is 11.3. The summed E-state index contributed by atoms with van der Waals surface area (Å²) < 4.78 is 10.1. The Kier molecular flexibility index (Phi) is 13.9. The number of amides is 1. The number of carbonyl (C=O) groups excluding carboxylic acids is 2. The van der Waals surface area contributed by atoms with E-state index in [9.17, 15) is 9.59 Å². The van der Waals surface area contributed by atoms with Crippen molar-refractivity contribution in [3.05, 3.63) is 42.5 Å². The van der Waals surface area contributed by atoms with Gasteiger partial charge >= 0.3 is 5.97 Å². The van der Waals surface area contributed by atoms with Crippen LogP contribution in [0, 0.1) is 23.7 Å². The summed E-state index contributed by atoms with van der Waals surface area (Å²) >= 11 is 0. The highest BCUT2D eigenvalue weighted by Crippen LogP contribution is 2.13. The van der Waals surface area contributed by atoms with Gasteiger partial charge in [-0.05, 0) is 54.5 Å². The van der Waals surface area contributed by atoms with Crippen LogP contribution in [0.3, 0.4) is 0 Å². The van der Waals surface area contributed by atoms with Crippen molar-refractivity contribution < 1.29 is 19.1 Å². The first-order valence-electron chi connectivity index (χ1n) is 11.3. The zero-order valence-electron chi connectivity index (χ0n) is 19.5. The molecule has 0 aromatic heterocycles. The van der Waals surface area contributed by atoms with Crippen LogP contribution >= 0.6 is 0 Å². The lowest BCUT2D eigenvalue weighted by molar-refractivity contribution is -0.142. The van der Waals surface area contributed by atoms with Gasteiger partial charge in [0, 0.05) is 12.5 Å². The Hall–Kier alpha value is -3.18. The Bertz CT molecular complexity index is 836. The number of ether oxygens (including phenoxy) is 2. The molecule has 0 radical (unpaired) electrons. The monoisotopic (exact) mass is 437 g/mol. The number of methoxy groups -OCH3 is 1. The van der Waals surface area contributed by atoms with E-state index < -0.39 is 12.1 Å². The minimum absolute atomic E-state index is 0.188. The predicted octanol–water partition coefficient (Wildman–Crippen LogP) is 5.06. The molecule has 0 aliphatic heterocycles. The lowest BCUT2D eigenvalue weighted by atomic mass is 10.0. The van der Waals surface area contributed by atoms with Crippen molar-refractivity contribution in [3.8, 4) is 29.4 Å². The molecule has 0 saturated carbocycles. The van der Waals surface area contributed by atoms with Crippen molar-refractivity contribution in [1.82, 2.24) is 5.32 Å². The number of hydrogen-bond acceptors (Lipinski definition) is 4. The molecule has 0 spiro atoms. The Morgan fingerprint density at radius 3 is 2.25 bits per heavy atom. The Morgan fingerprint density at radius 2 is 1.66 bits per heavy atom. The first kappa shape index (κ1) is 26.9. The number of rotatable bonds is 13. The third-order valence-electron chi connectivity index (χ3n) is 4.78. The number of unbranched alkanes of at least 4 members (excludes halogenated alkanes) is 6. The zero-order valence-corrected chi connectivity index (χ0v) is 19.5. The van der Waals surface area contributed by atoms with Crippen molar-refractivity contribution in [2.24, 2.45) is 0 Å². The molecule has 2 atom stereocenters. The largest absolute Gasteiger partial charge is 0.497 e. The molecule has 1 N–H and O–H groups in total. The average Bonchev–Trinajstić information content (AvgIpc) is 2.79. The maximum absolute atomic E-state index is 12.6. The number of carbonyl (C=O) groups is 2. The Labute approximate surface area is 193 Å². The van der Waals surface area contributed by atoms with Gasteiger partial charge in [0.05, 0.1) is 13.2 Å². The van der Waals surface area contributed by atoms with Gasteiger partial charge in [-0.1, -0.05) is 64.4 Å². The van der Waals surface area contributed by atoms with E-state index in [0.717, 1.165) is 19.3 Å². The normalized spacial score (nSPS) is 11.6. The van der Waals surface area contributed by atoms with Crippen molar-refractivity contribution in [3.63, 3.8) is 0 Å². The molecular formula is C27H35NO4. The predicted molar refractivity (Wildman–Crippen MR) is 128 cm³/mol. The van der Waals surface area contributed by atoms with E-state index in [-0.39, 0.29) is 11.9 Å². The van der Waals surface area contributed by atoms with E-state index >= 15 is 0 Å². The Morgan fingerprint density at radius 1 is 1.03 bits per heavy atom. The summed E-state index contributed by atoms with van der Waals surface area (Å²) in [6.45, 7) is 7.12. The molecule has 1 aromatic rings. The van der Waals surface area contributed by atoms with E-state index in [1.807, 2.05) is 0 Å². The topological polar surface area (TPSA) is 64.6 Å². The first-order valence-corrected chi connectivity index (χ1v) is 11.3. The third kappa shape index (κ3) is 11.9. The lowest BCUT2D eigenvalue weighted by Gasteiger charge is -2.13. The van der Waals surface area contributed by atoms with Crippen LogP contribution in [0.15, 0.2) is 36.9 Å². The molecule has 0 aliphatic carbocycles. The second-order valence-electron chi connectivity index (χ2n) is 7.47. The number of nitrogens with one attached hydrogen (secondary N) is 1. The molecule has 5 heteroatoms. The van der Waals surface area contributed by atoms with Gasteiger partial charge in [0.2, 0.25) is 0 Å². The molecule has 172 valence electrons. The van der Waals surface area contributed by atoms with E-state index in [4.69, 9.17) is 9.47 Å². The fourth-order valence-electron chi connectivity index (χ4n) is 3.02. The summed E-state index contributed by atoms with van der Waals surface area (Å²) in [5, 5.41) is 2.99. The fraction of sp³-hybridized carbons (Fsp3) is 0.481. The van der Waals surface area contributed by atoms with Crippen LogP contribution in [-0.4, -0.2) is 31.1 Å². The van der Waals surface area contributed by atoms with Crippen LogP contribution in [0.5, 0.6) is 5.75 Å². The lowest BCUT2D eigenvalue weighted by Crippen LogP contribution is -2.33. The number of esters is 1.